The van der Waals surface area contributed by atoms with Gasteiger partial charge in [0.15, 0.2) is 11.7 Å². The predicted octanol–water partition coefficient (Wildman–Crippen LogP) is 3.55. The summed E-state index contributed by atoms with van der Waals surface area (Å²) in [4.78, 5) is 18.6. The van der Waals surface area contributed by atoms with Crippen molar-refractivity contribution < 1.29 is 18.7 Å². The average Bonchev–Trinajstić information content (AvgIpc) is 3.15. The number of aryl methyl sites for hydroxylation is 1. The summed E-state index contributed by atoms with van der Waals surface area (Å²) in [5.74, 6) is 3.46. The smallest absolute Gasteiger partial charge is 0.223 e. The minimum Gasteiger partial charge on any atom is -0.497 e. The Morgan fingerprint density at radius 1 is 1.27 bits per heavy atom. The van der Waals surface area contributed by atoms with Crippen molar-refractivity contribution in [3.63, 3.8) is 0 Å². The molecule has 1 aromatic carbocycles. The molecule has 26 heavy (non-hydrogen) atoms. The number of hydrogen-bond acceptors (Lipinski definition) is 5. The van der Waals surface area contributed by atoms with Gasteiger partial charge in [-0.1, -0.05) is 6.92 Å². The van der Waals surface area contributed by atoms with E-state index in [9.17, 15) is 4.79 Å². The van der Waals surface area contributed by atoms with Crippen molar-refractivity contribution in [2.24, 2.45) is 5.92 Å². The largest absolute Gasteiger partial charge is 0.497 e. The fourth-order valence-corrected chi connectivity index (χ4v) is 3.18. The monoisotopic (exact) mass is 358 g/mol. The van der Waals surface area contributed by atoms with Gasteiger partial charge in [0.25, 0.3) is 0 Å². The molecule has 1 fully saturated rings. The van der Waals surface area contributed by atoms with Crippen molar-refractivity contribution in [2.45, 2.75) is 32.6 Å². The van der Waals surface area contributed by atoms with Crippen molar-refractivity contribution in [3.05, 3.63) is 30.3 Å². The first-order valence-corrected chi connectivity index (χ1v) is 9.05. The maximum absolute atomic E-state index is 12.3. The molecule has 1 aromatic heterocycles. The Kier molecular flexibility index (Phi) is 5.81. The standard InChI is InChI=1S/C20H26N2O4/c1-14-8-10-22(11-9-14)20(23)7-6-19-21-13-18(26-19)16-5-4-15(24-2)12-17(16)25-3/h4-5,12-14H,6-11H2,1-3H3. The van der Waals surface area contributed by atoms with Crippen LogP contribution in [0.3, 0.4) is 0 Å². The van der Waals surface area contributed by atoms with Crippen LogP contribution in [0, 0.1) is 5.92 Å². The molecule has 0 unspecified atom stereocenters. The molecule has 0 spiro atoms. The molecular formula is C20H26N2O4. The molecule has 1 aliphatic heterocycles. The summed E-state index contributed by atoms with van der Waals surface area (Å²) in [5, 5.41) is 0. The Morgan fingerprint density at radius 3 is 2.73 bits per heavy atom. The number of ether oxygens (including phenoxy) is 2. The third-order valence-corrected chi connectivity index (χ3v) is 4.92. The number of methoxy groups -OCH3 is 2. The SMILES string of the molecule is COc1ccc(-c2cnc(CCC(=O)N3CCC(C)CC3)o2)c(OC)c1. The highest BCUT2D eigenvalue weighted by Gasteiger charge is 2.21. The molecule has 0 radical (unpaired) electrons. The summed E-state index contributed by atoms with van der Waals surface area (Å²) in [6.45, 7) is 3.96. The number of piperidine rings is 1. The lowest BCUT2D eigenvalue weighted by atomic mass is 9.99. The summed E-state index contributed by atoms with van der Waals surface area (Å²) in [6, 6.07) is 5.53. The number of likely N-dealkylation sites (tertiary alicyclic amines) is 1. The van der Waals surface area contributed by atoms with Crippen LogP contribution in [-0.2, 0) is 11.2 Å². The molecule has 0 aliphatic carbocycles. The Bertz CT molecular complexity index is 748. The van der Waals surface area contributed by atoms with E-state index < -0.39 is 0 Å². The quantitative estimate of drug-likeness (QED) is 0.790. The lowest BCUT2D eigenvalue weighted by molar-refractivity contribution is -0.132. The van der Waals surface area contributed by atoms with E-state index in [0.29, 0.717) is 41.9 Å². The first-order chi connectivity index (χ1) is 12.6. The van der Waals surface area contributed by atoms with Gasteiger partial charge in [-0.3, -0.25) is 4.79 Å². The van der Waals surface area contributed by atoms with Gasteiger partial charge in [-0.2, -0.15) is 0 Å². The second-order valence-electron chi connectivity index (χ2n) is 6.75. The van der Waals surface area contributed by atoms with Gasteiger partial charge in [0.2, 0.25) is 5.91 Å². The molecule has 6 nitrogen and oxygen atoms in total. The molecule has 0 bridgehead atoms. The molecule has 6 heteroatoms. The zero-order chi connectivity index (χ0) is 18.5. The molecule has 1 saturated heterocycles. The van der Waals surface area contributed by atoms with Gasteiger partial charge in [0.1, 0.15) is 11.5 Å². The Labute approximate surface area is 154 Å². The maximum atomic E-state index is 12.3. The maximum Gasteiger partial charge on any atom is 0.223 e. The van der Waals surface area contributed by atoms with E-state index in [2.05, 4.69) is 11.9 Å². The number of carbonyl (C=O) groups excluding carboxylic acids is 1. The van der Waals surface area contributed by atoms with Gasteiger partial charge in [0, 0.05) is 32.0 Å². The van der Waals surface area contributed by atoms with Gasteiger partial charge in [0.05, 0.1) is 26.0 Å². The van der Waals surface area contributed by atoms with Crippen molar-refractivity contribution in [3.8, 4) is 22.8 Å². The lowest BCUT2D eigenvalue weighted by Crippen LogP contribution is -2.38. The van der Waals surface area contributed by atoms with Crippen LogP contribution in [0.5, 0.6) is 11.5 Å². The van der Waals surface area contributed by atoms with E-state index >= 15 is 0 Å². The van der Waals surface area contributed by atoms with E-state index in [4.69, 9.17) is 13.9 Å². The van der Waals surface area contributed by atoms with Gasteiger partial charge in [-0.25, -0.2) is 4.98 Å². The van der Waals surface area contributed by atoms with Gasteiger partial charge >= 0.3 is 0 Å². The predicted molar refractivity (Wildman–Crippen MR) is 98.3 cm³/mol. The number of aromatic nitrogens is 1. The van der Waals surface area contributed by atoms with E-state index in [1.165, 1.54) is 0 Å². The first kappa shape index (κ1) is 18.3. The Hall–Kier alpha value is -2.50. The molecule has 140 valence electrons. The number of carbonyl (C=O) groups is 1. The first-order valence-electron chi connectivity index (χ1n) is 9.05. The number of rotatable bonds is 6. The van der Waals surface area contributed by atoms with Gasteiger partial charge in [-0.15, -0.1) is 0 Å². The lowest BCUT2D eigenvalue weighted by Gasteiger charge is -2.30. The third kappa shape index (κ3) is 4.18. The zero-order valence-electron chi connectivity index (χ0n) is 15.7. The Balaban J connectivity index is 1.62. The van der Waals surface area contributed by atoms with E-state index in [0.717, 1.165) is 31.5 Å². The van der Waals surface area contributed by atoms with Crippen LogP contribution in [0.1, 0.15) is 32.1 Å². The van der Waals surface area contributed by atoms with E-state index in [1.54, 1.807) is 26.5 Å². The number of nitrogens with zero attached hydrogens (tertiary/aromatic N) is 2. The number of amides is 1. The summed E-state index contributed by atoms with van der Waals surface area (Å²) in [6.07, 6.45) is 4.78. The number of hydrogen-bond donors (Lipinski definition) is 0. The molecule has 1 amide bonds. The molecule has 0 saturated carbocycles. The Morgan fingerprint density at radius 2 is 2.04 bits per heavy atom. The molecule has 0 N–H and O–H groups in total. The molecule has 1 aliphatic rings. The van der Waals surface area contributed by atoms with Crippen molar-refractivity contribution in [1.29, 1.82) is 0 Å². The van der Waals surface area contributed by atoms with Crippen LogP contribution in [-0.4, -0.2) is 43.1 Å². The van der Waals surface area contributed by atoms with Gasteiger partial charge < -0.3 is 18.8 Å². The summed E-state index contributed by atoms with van der Waals surface area (Å²) in [7, 11) is 3.22. The van der Waals surface area contributed by atoms with Crippen molar-refractivity contribution in [1.82, 2.24) is 9.88 Å². The highest BCUT2D eigenvalue weighted by molar-refractivity contribution is 5.76. The number of benzene rings is 1. The summed E-state index contributed by atoms with van der Waals surface area (Å²) < 4.78 is 16.5. The normalized spacial score (nSPS) is 15.1. The average molecular weight is 358 g/mol. The van der Waals surface area contributed by atoms with E-state index in [1.807, 2.05) is 17.0 Å². The highest BCUT2D eigenvalue weighted by atomic mass is 16.5. The summed E-state index contributed by atoms with van der Waals surface area (Å²) in [5.41, 5.74) is 0.809. The van der Waals surface area contributed by atoms with Crippen LogP contribution in [0.4, 0.5) is 0 Å². The summed E-state index contributed by atoms with van der Waals surface area (Å²) >= 11 is 0. The fraction of sp³-hybridized carbons (Fsp3) is 0.500. The second-order valence-corrected chi connectivity index (χ2v) is 6.75. The minimum atomic E-state index is 0.179. The van der Waals surface area contributed by atoms with Gasteiger partial charge in [-0.05, 0) is 30.9 Å². The molecule has 3 rings (SSSR count). The van der Waals surface area contributed by atoms with Crippen LogP contribution < -0.4 is 9.47 Å². The van der Waals surface area contributed by atoms with Crippen LogP contribution >= 0.6 is 0 Å². The van der Waals surface area contributed by atoms with Crippen molar-refractivity contribution >= 4 is 5.91 Å². The topological polar surface area (TPSA) is 64.8 Å². The third-order valence-electron chi connectivity index (χ3n) is 4.92. The molecule has 0 atom stereocenters. The van der Waals surface area contributed by atoms with E-state index in [-0.39, 0.29) is 5.91 Å². The molecule has 2 heterocycles. The zero-order valence-corrected chi connectivity index (χ0v) is 15.7. The van der Waals surface area contributed by atoms with Crippen LogP contribution in [0.25, 0.3) is 11.3 Å². The number of oxazole rings is 1. The second kappa shape index (κ2) is 8.25. The fourth-order valence-electron chi connectivity index (χ4n) is 3.18. The highest BCUT2D eigenvalue weighted by Crippen LogP contribution is 2.33. The molecule has 2 aromatic rings. The van der Waals surface area contributed by atoms with Crippen molar-refractivity contribution in [2.75, 3.05) is 27.3 Å². The van der Waals surface area contributed by atoms with Crippen LogP contribution in [0.15, 0.2) is 28.8 Å². The molecular weight excluding hydrogens is 332 g/mol. The minimum absolute atomic E-state index is 0.179. The van der Waals surface area contributed by atoms with Crippen LogP contribution in [0.2, 0.25) is 0 Å².